The number of likely N-dealkylation sites (N-methyl/N-ethyl adjacent to an activating group) is 1. The molecule has 1 aromatic rings. The van der Waals surface area contributed by atoms with E-state index in [2.05, 4.69) is 31.5 Å². The van der Waals surface area contributed by atoms with Crippen LogP contribution in [0.4, 0.5) is 5.00 Å². The lowest BCUT2D eigenvalue weighted by Crippen LogP contribution is -2.54. The van der Waals surface area contributed by atoms with Gasteiger partial charge >= 0.3 is 0 Å². The molecule has 0 saturated carbocycles. The van der Waals surface area contributed by atoms with E-state index in [-0.39, 0.29) is 11.9 Å². The molecular formula is C10H14BrN3OS. The first-order valence-electron chi connectivity index (χ1n) is 5.13. The number of piperazine rings is 1. The molecule has 4 nitrogen and oxygen atoms in total. The van der Waals surface area contributed by atoms with Crippen molar-refractivity contribution in [3.63, 3.8) is 0 Å². The number of rotatable bonds is 2. The van der Waals surface area contributed by atoms with Gasteiger partial charge in [0.25, 0.3) is 0 Å². The van der Waals surface area contributed by atoms with Gasteiger partial charge < -0.3 is 15.5 Å². The average Bonchev–Trinajstić information content (AvgIpc) is 2.64. The molecule has 0 bridgehead atoms. The summed E-state index contributed by atoms with van der Waals surface area (Å²) in [6.07, 6.45) is 0. The number of halogens is 1. The van der Waals surface area contributed by atoms with Crippen LogP contribution in [0.1, 0.15) is 0 Å². The maximum absolute atomic E-state index is 11.9. The molecule has 1 amide bonds. The van der Waals surface area contributed by atoms with Crippen LogP contribution in [0.5, 0.6) is 0 Å². The van der Waals surface area contributed by atoms with Gasteiger partial charge in [0.1, 0.15) is 0 Å². The lowest BCUT2D eigenvalue weighted by atomic mass is 10.2. The molecule has 1 aliphatic rings. The van der Waals surface area contributed by atoms with E-state index < -0.39 is 0 Å². The summed E-state index contributed by atoms with van der Waals surface area (Å²) in [5, 5.41) is 7.01. The number of carbonyl (C=O) groups excluding carboxylic acids is 1. The molecule has 2 rings (SSSR count). The van der Waals surface area contributed by atoms with Gasteiger partial charge in [-0.1, -0.05) is 0 Å². The van der Waals surface area contributed by atoms with Crippen molar-refractivity contribution in [1.29, 1.82) is 0 Å². The largest absolute Gasteiger partial charge is 0.316 e. The maximum atomic E-state index is 11.9. The fourth-order valence-electron chi connectivity index (χ4n) is 1.66. The third-order valence-corrected chi connectivity index (χ3v) is 4.05. The molecule has 1 fully saturated rings. The van der Waals surface area contributed by atoms with Crippen LogP contribution in [-0.4, -0.2) is 43.5 Å². The molecule has 0 spiro atoms. The maximum Gasteiger partial charge on any atom is 0.243 e. The highest BCUT2D eigenvalue weighted by Crippen LogP contribution is 2.26. The summed E-state index contributed by atoms with van der Waals surface area (Å²) in [5.74, 6) is 0.0425. The second kappa shape index (κ2) is 5.27. The van der Waals surface area contributed by atoms with Gasteiger partial charge in [-0.3, -0.25) is 4.79 Å². The number of hydrogen-bond acceptors (Lipinski definition) is 4. The third kappa shape index (κ3) is 3.04. The normalized spacial score (nSPS) is 22.0. The highest BCUT2D eigenvalue weighted by Gasteiger charge is 2.23. The molecule has 88 valence electrons. The van der Waals surface area contributed by atoms with Crippen molar-refractivity contribution in [1.82, 2.24) is 10.2 Å². The summed E-state index contributed by atoms with van der Waals surface area (Å²) >= 11 is 4.90. The molecule has 0 radical (unpaired) electrons. The second-order valence-electron chi connectivity index (χ2n) is 3.86. The van der Waals surface area contributed by atoms with Gasteiger partial charge in [0.15, 0.2) is 0 Å². The van der Waals surface area contributed by atoms with Crippen LogP contribution in [0.2, 0.25) is 0 Å². The Morgan fingerprint density at radius 3 is 3.12 bits per heavy atom. The lowest BCUT2D eigenvalue weighted by molar-refractivity contribution is -0.119. The van der Waals surface area contributed by atoms with Gasteiger partial charge in [0.2, 0.25) is 5.91 Å². The fraction of sp³-hybridized carbons (Fsp3) is 0.500. The number of hydrogen-bond donors (Lipinski definition) is 2. The predicted octanol–water partition coefficient (Wildman–Crippen LogP) is 1.35. The number of thiophene rings is 1. The molecule has 1 saturated heterocycles. The quantitative estimate of drug-likeness (QED) is 0.867. The minimum Gasteiger partial charge on any atom is -0.316 e. The Balaban J connectivity index is 1.92. The molecule has 0 aromatic carbocycles. The first-order valence-corrected chi connectivity index (χ1v) is 6.74. The number of nitrogens with one attached hydrogen (secondary N) is 2. The van der Waals surface area contributed by atoms with E-state index in [1.165, 1.54) is 11.3 Å². The minimum atomic E-state index is -0.111. The number of nitrogens with zero attached hydrogens (tertiary/aromatic N) is 1. The minimum absolute atomic E-state index is 0.0425. The standard InChI is InChI=1S/C10H14BrN3OS/c1-14-5-4-12-7(6-14)10(15)13-9-3-2-8(11)16-9/h2-3,7,12H,4-6H2,1H3,(H,13,15). The number of carbonyl (C=O) groups is 1. The number of anilines is 1. The van der Waals surface area contributed by atoms with Crippen LogP contribution in [0.25, 0.3) is 0 Å². The van der Waals surface area contributed by atoms with Crippen LogP contribution >= 0.6 is 27.3 Å². The van der Waals surface area contributed by atoms with Gasteiger partial charge in [-0.05, 0) is 35.1 Å². The van der Waals surface area contributed by atoms with Crippen molar-refractivity contribution >= 4 is 38.2 Å². The summed E-state index contributed by atoms with van der Waals surface area (Å²) in [6.45, 7) is 2.62. The van der Waals surface area contributed by atoms with E-state index in [0.717, 1.165) is 28.4 Å². The molecule has 2 N–H and O–H groups in total. The van der Waals surface area contributed by atoms with Gasteiger partial charge in [0, 0.05) is 19.6 Å². The summed E-state index contributed by atoms with van der Waals surface area (Å²) < 4.78 is 1.02. The van der Waals surface area contributed by atoms with E-state index in [9.17, 15) is 4.79 Å². The van der Waals surface area contributed by atoms with Gasteiger partial charge in [0.05, 0.1) is 14.8 Å². The Kier molecular flexibility index (Phi) is 3.96. The Labute approximate surface area is 107 Å². The highest BCUT2D eigenvalue weighted by molar-refractivity contribution is 9.11. The first kappa shape index (κ1) is 12.0. The number of amides is 1. The molecule has 16 heavy (non-hydrogen) atoms. The summed E-state index contributed by atoms with van der Waals surface area (Å²) in [6, 6.07) is 3.72. The van der Waals surface area contributed by atoms with E-state index in [4.69, 9.17) is 0 Å². The SMILES string of the molecule is CN1CCNC(C(=O)Nc2ccc(Br)s2)C1. The van der Waals surface area contributed by atoms with Crippen molar-refractivity contribution in [2.75, 3.05) is 32.0 Å². The zero-order chi connectivity index (χ0) is 11.5. The average molecular weight is 304 g/mol. The van der Waals surface area contributed by atoms with Gasteiger partial charge in [-0.25, -0.2) is 0 Å². The smallest absolute Gasteiger partial charge is 0.243 e. The van der Waals surface area contributed by atoms with Crippen LogP contribution in [0, 0.1) is 0 Å². The van der Waals surface area contributed by atoms with Crippen LogP contribution in [-0.2, 0) is 4.79 Å². The van der Waals surface area contributed by atoms with E-state index in [1.54, 1.807) is 0 Å². The lowest BCUT2D eigenvalue weighted by Gasteiger charge is -2.29. The topological polar surface area (TPSA) is 44.4 Å². The fourth-order valence-corrected chi connectivity index (χ4v) is 2.95. The molecule has 1 unspecified atom stereocenters. The van der Waals surface area contributed by atoms with Gasteiger partial charge in [-0.2, -0.15) is 0 Å². The second-order valence-corrected chi connectivity index (χ2v) is 6.32. The molecule has 1 aliphatic heterocycles. The van der Waals surface area contributed by atoms with Crippen LogP contribution in [0.15, 0.2) is 15.9 Å². The molecular weight excluding hydrogens is 290 g/mol. The zero-order valence-corrected chi connectivity index (χ0v) is 11.4. The van der Waals surface area contributed by atoms with E-state index in [1.807, 2.05) is 19.2 Å². The molecule has 1 aromatic heterocycles. The van der Waals surface area contributed by atoms with Crippen LogP contribution in [0.3, 0.4) is 0 Å². The highest BCUT2D eigenvalue weighted by atomic mass is 79.9. The van der Waals surface area contributed by atoms with Crippen molar-refractivity contribution in [2.45, 2.75) is 6.04 Å². The molecule has 6 heteroatoms. The molecule has 0 aliphatic carbocycles. The van der Waals surface area contributed by atoms with E-state index >= 15 is 0 Å². The first-order chi connectivity index (χ1) is 7.65. The molecule has 1 atom stereocenters. The van der Waals surface area contributed by atoms with E-state index in [0.29, 0.717) is 0 Å². The van der Waals surface area contributed by atoms with Crippen molar-refractivity contribution in [3.05, 3.63) is 15.9 Å². The third-order valence-electron chi connectivity index (χ3n) is 2.51. The predicted molar refractivity (Wildman–Crippen MR) is 69.9 cm³/mol. The summed E-state index contributed by atoms with van der Waals surface area (Å²) in [7, 11) is 2.03. The Hall–Kier alpha value is -0.430. The monoisotopic (exact) mass is 303 g/mol. The Morgan fingerprint density at radius 1 is 1.69 bits per heavy atom. The van der Waals surface area contributed by atoms with Gasteiger partial charge in [-0.15, -0.1) is 11.3 Å². The van der Waals surface area contributed by atoms with Crippen molar-refractivity contribution in [2.24, 2.45) is 0 Å². The van der Waals surface area contributed by atoms with Crippen molar-refractivity contribution in [3.8, 4) is 0 Å². The summed E-state index contributed by atoms with van der Waals surface area (Å²) in [4.78, 5) is 14.1. The Bertz CT molecular complexity index is 382. The zero-order valence-electron chi connectivity index (χ0n) is 9.00. The summed E-state index contributed by atoms with van der Waals surface area (Å²) in [5.41, 5.74) is 0. The van der Waals surface area contributed by atoms with Crippen LogP contribution < -0.4 is 10.6 Å². The van der Waals surface area contributed by atoms with Crippen molar-refractivity contribution < 1.29 is 4.79 Å². The Morgan fingerprint density at radius 2 is 2.50 bits per heavy atom. The molecule has 2 heterocycles.